The van der Waals surface area contributed by atoms with Crippen LogP contribution in [-0.4, -0.2) is 13.2 Å². The Kier molecular flexibility index (Phi) is 2.52. The van der Waals surface area contributed by atoms with Gasteiger partial charge in [-0.3, -0.25) is 0 Å². The van der Waals surface area contributed by atoms with Gasteiger partial charge >= 0.3 is 0 Å². The molecule has 0 radical (unpaired) electrons. The van der Waals surface area contributed by atoms with E-state index in [1.54, 1.807) is 0 Å². The molecule has 46 valence electrons. The molecule has 0 aliphatic carbocycles. The predicted octanol–water partition coefficient (Wildman–Crippen LogP) is 1.19. The van der Waals surface area contributed by atoms with E-state index in [2.05, 4.69) is 27.5 Å². The van der Waals surface area contributed by atoms with E-state index in [1.807, 2.05) is 0 Å². The van der Waals surface area contributed by atoms with E-state index in [4.69, 9.17) is 4.84 Å². The monoisotopic (exact) mass is 177 g/mol. The van der Waals surface area contributed by atoms with E-state index in [9.17, 15) is 0 Å². The van der Waals surface area contributed by atoms with Gasteiger partial charge in [0.25, 0.3) is 0 Å². The average molecular weight is 178 g/mol. The zero-order valence-electron chi connectivity index (χ0n) is 4.48. The molecule has 0 aromatic heterocycles. The predicted molar refractivity (Wildman–Crippen MR) is 35.6 cm³/mol. The summed E-state index contributed by atoms with van der Waals surface area (Å²) >= 11 is 3.36. The fourth-order valence-corrected chi connectivity index (χ4v) is 0.882. The summed E-state index contributed by atoms with van der Waals surface area (Å²) in [7, 11) is 0. The van der Waals surface area contributed by atoms with Crippen molar-refractivity contribution in [2.75, 3.05) is 13.2 Å². The molecular weight excluding hydrogens is 170 g/mol. The van der Waals surface area contributed by atoms with Crippen molar-refractivity contribution >= 4 is 15.9 Å². The molecule has 8 heavy (non-hydrogen) atoms. The molecule has 0 aromatic rings. The summed E-state index contributed by atoms with van der Waals surface area (Å²) in [4.78, 5) is 4.93. The first kappa shape index (κ1) is 6.26. The minimum atomic E-state index is 0.773. The Morgan fingerprint density at radius 2 is 2.62 bits per heavy atom. The van der Waals surface area contributed by atoms with Crippen LogP contribution in [0.15, 0.2) is 10.6 Å². The normalized spacial score (nSPS) is 21.9. The minimum absolute atomic E-state index is 0.773. The van der Waals surface area contributed by atoms with Crippen LogP contribution in [-0.2, 0) is 4.84 Å². The molecule has 0 atom stereocenters. The fraction of sp³-hybridized carbons (Fsp3) is 0.600. The van der Waals surface area contributed by atoms with Crippen LogP contribution in [0.3, 0.4) is 0 Å². The first-order chi connectivity index (χ1) is 3.89. The summed E-state index contributed by atoms with van der Waals surface area (Å²) in [5, 5.41) is 0. The van der Waals surface area contributed by atoms with Gasteiger partial charge in [-0.05, 0) is 6.42 Å². The molecule has 0 spiro atoms. The molecule has 0 aromatic carbocycles. The number of hydrogen-bond acceptors (Lipinski definition) is 2. The zero-order chi connectivity index (χ0) is 5.82. The molecule has 0 amide bonds. The van der Waals surface area contributed by atoms with E-state index in [0.29, 0.717) is 0 Å². The molecule has 0 fully saturated rings. The highest BCUT2D eigenvalue weighted by molar-refractivity contribution is 9.11. The van der Waals surface area contributed by atoms with Crippen LogP contribution < -0.4 is 5.48 Å². The van der Waals surface area contributed by atoms with Crippen LogP contribution in [0.5, 0.6) is 0 Å². The second kappa shape index (κ2) is 3.22. The molecule has 0 bridgehead atoms. The minimum Gasteiger partial charge on any atom is -0.301 e. The first-order valence-electron chi connectivity index (χ1n) is 2.59. The second-order valence-electron chi connectivity index (χ2n) is 1.61. The van der Waals surface area contributed by atoms with E-state index in [0.717, 1.165) is 19.6 Å². The van der Waals surface area contributed by atoms with Crippen LogP contribution in [0.2, 0.25) is 0 Å². The van der Waals surface area contributed by atoms with E-state index in [1.165, 1.54) is 4.48 Å². The molecule has 0 saturated carbocycles. The highest BCUT2D eigenvalue weighted by atomic mass is 79.9. The largest absolute Gasteiger partial charge is 0.301 e. The van der Waals surface area contributed by atoms with Gasteiger partial charge in [0.15, 0.2) is 0 Å². The van der Waals surface area contributed by atoms with Crippen LogP contribution in [0.25, 0.3) is 0 Å². The first-order valence-corrected chi connectivity index (χ1v) is 3.38. The van der Waals surface area contributed by atoms with Gasteiger partial charge in [-0.15, -0.1) is 0 Å². The molecule has 3 heteroatoms. The Labute approximate surface area is 57.0 Å². The Morgan fingerprint density at radius 3 is 3.50 bits per heavy atom. The van der Waals surface area contributed by atoms with Crippen molar-refractivity contribution in [3.63, 3.8) is 0 Å². The van der Waals surface area contributed by atoms with E-state index in [-0.39, 0.29) is 0 Å². The Morgan fingerprint density at radius 1 is 1.75 bits per heavy atom. The van der Waals surface area contributed by atoms with Gasteiger partial charge in [0.05, 0.1) is 13.2 Å². The molecule has 1 aliphatic heterocycles. The zero-order valence-corrected chi connectivity index (χ0v) is 6.07. The lowest BCUT2D eigenvalue weighted by Crippen LogP contribution is -2.13. The summed E-state index contributed by atoms with van der Waals surface area (Å²) in [5.41, 5.74) is 2.78. The number of nitrogens with one attached hydrogen (secondary N) is 1. The number of hydroxylamine groups is 1. The topological polar surface area (TPSA) is 21.3 Å². The highest BCUT2D eigenvalue weighted by Crippen LogP contribution is 2.06. The van der Waals surface area contributed by atoms with Crippen LogP contribution >= 0.6 is 15.9 Å². The molecular formula is C5H8BrNO. The molecule has 2 nitrogen and oxygen atoms in total. The Bertz CT molecular complexity index is 103. The summed E-state index contributed by atoms with van der Waals surface area (Å²) < 4.78 is 1.18. The van der Waals surface area contributed by atoms with Crippen molar-refractivity contribution in [3.05, 3.63) is 10.6 Å². The number of rotatable bonds is 0. The van der Waals surface area contributed by atoms with Gasteiger partial charge < -0.3 is 4.84 Å². The third-order valence-electron chi connectivity index (χ3n) is 0.929. The van der Waals surface area contributed by atoms with Gasteiger partial charge in [0.2, 0.25) is 0 Å². The molecule has 1 rings (SSSR count). The van der Waals surface area contributed by atoms with Gasteiger partial charge in [-0.1, -0.05) is 22.0 Å². The molecule has 0 unspecified atom stereocenters. The molecule has 1 heterocycles. The quantitative estimate of drug-likeness (QED) is 0.601. The summed E-state index contributed by atoms with van der Waals surface area (Å²) in [6.45, 7) is 1.56. The fourth-order valence-electron chi connectivity index (χ4n) is 0.539. The standard InChI is InChI=1S/C5H8BrNO/c6-5-2-1-3-8-7-4-5/h2,7H,1,3-4H2. The van der Waals surface area contributed by atoms with Gasteiger partial charge in [-0.25, -0.2) is 0 Å². The van der Waals surface area contributed by atoms with Crippen molar-refractivity contribution in [2.45, 2.75) is 6.42 Å². The maximum atomic E-state index is 4.93. The van der Waals surface area contributed by atoms with Crippen LogP contribution in [0, 0.1) is 0 Å². The molecule has 1 N–H and O–H groups in total. The number of halogens is 1. The van der Waals surface area contributed by atoms with E-state index >= 15 is 0 Å². The van der Waals surface area contributed by atoms with Crippen LogP contribution in [0.4, 0.5) is 0 Å². The van der Waals surface area contributed by atoms with Gasteiger partial charge in [0, 0.05) is 4.48 Å². The smallest absolute Gasteiger partial charge is 0.0717 e. The van der Waals surface area contributed by atoms with Crippen molar-refractivity contribution in [3.8, 4) is 0 Å². The SMILES string of the molecule is BrC1=CCCONC1. The lowest BCUT2D eigenvalue weighted by atomic mass is 10.4. The lowest BCUT2D eigenvalue weighted by molar-refractivity contribution is 0.0554. The second-order valence-corrected chi connectivity index (χ2v) is 2.63. The lowest BCUT2D eigenvalue weighted by Gasteiger charge is -1.96. The molecule has 0 saturated heterocycles. The van der Waals surface area contributed by atoms with Crippen molar-refractivity contribution < 1.29 is 4.84 Å². The van der Waals surface area contributed by atoms with Crippen LogP contribution in [0.1, 0.15) is 6.42 Å². The third kappa shape index (κ3) is 1.94. The average Bonchev–Trinajstić information content (AvgIpc) is 1.94. The Balaban J connectivity index is 2.36. The third-order valence-corrected chi connectivity index (χ3v) is 1.53. The van der Waals surface area contributed by atoms with Crippen molar-refractivity contribution in [2.24, 2.45) is 0 Å². The summed E-state index contributed by atoms with van der Waals surface area (Å²) in [6.07, 6.45) is 3.10. The van der Waals surface area contributed by atoms with Crippen molar-refractivity contribution in [1.82, 2.24) is 5.48 Å². The van der Waals surface area contributed by atoms with E-state index < -0.39 is 0 Å². The Hall–Kier alpha value is 0.140. The maximum absolute atomic E-state index is 4.93. The molecule has 1 aliphatic rings. The van der Waals surface area contributed by atoms with Crippen molar-refractivity contribution in [1.29, 1.82) is 0 Å². The summed E-state index contributed by atoms with van der Waals surface area (Å²) in [5.74, 6) is 0. The maximum Gasteiger partial charge on any atom is 0.0717 e. The highest BCUT2D eigenvalue weighted by Gasteiger charge is 1.95. The summed E-state index contributed by atoms with van der Waals surface area (Å²) in [6, 6.07) is 0. The number of hydrogen-bond donors (Lipinski definition) is 1. The van der Waals surface area contributed by atoms with Gasteiger partial charge in [0.1, 0.15) is 0 Å². The van der Waals surface area contributed by atoms with Gasteiger partial charge in [-0.2, -0.15) is 5.48 Å².